The highest BCUT2D eigenvalue weighted by Gasteiger charge is 2.38. The van der Waals surface area contributed by atoms with Crippen LogP contribution in [0.25, 0.3) is 0 Å². The molecule has 0 amide bonds. The first kappa shape index (κ1) is 11.7. The van der Waals surface area contributed by atoms with Gasteiger partial charge in [-0.3, -0.25) is 0 Å². The number of hydrogen-bond acceptors (Lipinski definition) is 3. The van der Waals surface area contributed by atoms with Gasteiger partial charge in [0.25, 0.3) is 0 Å². The average Bonchev–Trinajstić information content (AvgIpc) is 2.17. The molecule has 2 atom stereocenters. The van der Waals surface area contributed by atoms with Crippen molar-refractivity contribution in [2.45, 2.75) is 25.0 Å². The molecule has 0 saturated heterocycles. The molecule has 1 rings (SSSR count). The van der Waals surface area contributed by atoms with E-state index in [1.165, 1.54) is 19.1 Å². The predicted molar refractivity (Wildman–Crippen MR) is 54.3 cm³/mol. The molecule has 4 nitrogen and oxygen atoms in total. The lowest BCUT2D eigenvalue weighted by atomic mass is 9.88. The van der Waals surface area contributed by atoms with E-state index in [4.69, 9.17) is 5.11 Å². The highest BCUT2D eigenvalue weighted by molar-refractivity contribution is 5.79. The Morgan fingerprint density at radius 1 is 1.40 bits per heavy atom. The van der Waals surface area contributed by atoms with Crippen molar-refractivity contribution in [3.05, 3.63) is 35.9 Å². The molecule has 2 unspecified atom stereocenters. The molecule has 0 heterocycles. The largest absolute Gasteiger partial charge is 0.479 e. The van der Waals surface area contributed by atoms with E-state index in [1.807, 2.05) is 0 Å². The minimum Gasteiger partial charge on any atom is -0.479 e. The normalized spacial score (nSPS) is 16.7. The van der Waals surface area contributed by atoms with E-state index in [-0.39, 0.29) is 12.0 Å². The molecule has 82 valence electrons. The van der Waals surface area contributed by atoms with E-state index < -0.39 is 17.7 Å². The van der Waals surface area contributed by atoms with Crippen LogP contribution in [0, 0.1) is 0 Å². The summed E-state index contributed by atoms with van der Waals surface area (Å²) in [4.78, 5) is 11.0. The molecule has 1 aromatic rings. The molecule has 0 aliphatic carbocycles. The van der Waals surface area contributed by atoms with Gasteiger partial charge in [0.1, 0.15) is 0 Å². The summed E-state index contributed by atoms with van der Waals surface area (Å²) in [6, 6.07) is 8.07. The fourth-order valence-corrected chi connectivity index (χ4v) is 1.47. The Morgan fingerprint density at radius 2 is 1.93 bits per heavy atom. The van der Waals surface area contributed by atoms with Crippen LogP contribution >= 0.6 is 0 Å². The molecule has 0 spiro atoms. The Labute approximate surface area is 87.8 Å². The summed E-state index contributed by atoms with van der Waals surface area (Å²) in [7, 11) is 0. The molecule has 0 fully saturated rings. The monoisotopic (exact) mass is 210 g/mol. The van der Waals surface area contributed by atoms with Crippen molar-refractivity contribution in [2.75, 3.05) is 0 Å². The highest BCUT2D eigenvalue weighted by atomic mass is 16.4. The summed E-state index contributed by atoms with van der Waals surface area (Å²) in [5.41, 5.74) is -1.74. The summed E-state index contributed by atoms with van der Waals surface area (Å²) >= 11 is 0. The highest BCUT2D eigenvalue weighted by Crippen LogP contribution is 2.26. The van der Waals surface area contributed by atoms with Crippen molar-refractivity contribution < 1.29 is 20.1 Å². The van der Waals surface area contributed by atoms with Gasteiger partial charge in [0.2, 0.25) is 0 Å². The topological polar surface area (TPSA) is 77.8 Å². The second-order valence-corrected chi connectivity index (χ2v) is 3.58. The fraction of sp³-hybridized carbons (Fsp3) is 0.364. The van der Waals surface area contributed by atoms with Crippen LogP contribution in [0.1, 0.15) is 18.9 Å². The number of benzene rings is 1. The maximum absolute atomic E-state index is 11.0. The first-order valence-corrected chi connectivity index (χ1v) is 4.66. The zero-order valence-corrected chi connectivity index (χ0v) is 8.42. The van der Waals surface area contributed by atoms with Gasteiger partial charge in [0.15, 0.2) is 5.60 Å². The maximum Gasteiger partial charge on any atom is 0.340 e. The second-order valence-electron chi connectivity index (χ2n) is 3.58. The molecule has 0 bridgehead atoms. The van der Waals surface area contributed by atoms with E-state index in [0.29, 0.717) is 0 Å². The van der Waals surface area contributed by atoms with Crippen LogP contribution in [-0.2, 0) is 10.4 Å². The van der Waals surface area contributed by atoms with Gasteiger partial charge in [-0.25, -0.2) is 4.79 Å². The van der Waals surface area contributed by atoms with E-state index in [0.717, 1.165) is 0 Å². The molecule has 4 heteroatoms. The number of carboxylic acids is 1. The van der Waals surface area contributed by atoms with Crippen LogP contribution in [0.2, 0.25) is 0 Å². The average molecular weight is 210 g/mol. The van der Waals surface area contributed by atoms with E-state index in [1.54, 1.807) is 18.2 Å². The third-order valence-electron chi connectivity index (χ3n) is 2.20. The van der Waals surface area contributed by atoms with Gasteiger partial charge in [-0.05, 0) is 12.5 Å². The number of carboxylic acid groups (broad SMARTS) is 1. The fourth-order valence-electron chi connectivity index (χ4n) is 1.47. The standard InChI is InChI=1S/C11H14O4/c1-8(12)7-11(15,10(13)14)9-5-3-2-4-6-9/h2-6,8,12,15H,7H2,1H3,(H,13,14). The zero-order chi connectivity index (χ0) is 11.5. The Balaban J connectivity index is 3.07. The molecule has 1 aromatic carbocycles. The molecule has 15 heavy (non-hydrogen) atoms. The van der Waals surface area contributed by atoms with Crippen LogP contribution in [-0.4, -0.2) is 27.4 Å². The summed E-state index contributed by atoms with van der Waals surface area (Å²) in [6.45, 7) is 1.44. The van der Waals surface area contributed by atoms with Gasteiger partial charge in [0, 0.05) is 6.42 Å². The van der Waals surface area contributed by atoms with Gasteiger partial charge >= 0.3 is 5.97 Å². The molecular formula is C11H14O4. The number of aliphatic hydroxyl groups is 2. The summed E-state index contributed by atoms with van der Waals surface area (Å²) < 4.78 is 0. The molecule has 0 saturated carbocycles. The summed E-state index contributed by atoms with van der Waals surface area (Å²) in [5.74, 6) is -1.35. The maximum atomic E-state index is 11.0. The van der Waals surface area contributed by atoms with E-state index in [9.17, 15) is 15.0 Å². The third-order valence-corrected chi connectivity index (χ3v) is 2.20. The SMILES string of the molecule is CC(O)CC(O)(C(=O)O)c1ccccc1. The quantitative estimate of drug-likeness (QED) is 0.684. The second kappa shape index (κ2) is 4.42. The van der Waals surface area contributed by atoms with Gasteiger partial charge < -0.3 is 15.3 Å². The lowest BCUT2D eigenvalue weighted by Gasteiger charge is -2.25. The first-order chi connectivity index (χ1) is 6.97. The Hall–Kier alpha value is -1.39. The van der Waals surface area contributed by atoms with Crippen LogP contribution in [0.5, 0.6) is 0 Å². The van der Waals surface area contributed by atoms with Crippen molar-refractivity contribution >= 4 is 5.97 Å². The minimum absolute atomic E-state index is 0.230. The van der Waals surface area contributed by atoms with Crippen LogP contribution in [0.15, 0.2) is 30.3 Å². The molecule has 0 radical (unpaired) electrons. The Bertz CT molecular complexity index is 334. The van der Waals surface area contributed by atoms with Crippen LogP contribution in [0.4, 0.5) is 0 Å². The predicted octanol–water partition coefficient (Wildman–Crippen LogP) is 0.730. The van der Waals surface area contributed by atoms with Crippen molar-refractivity contribution in [1.29, 1.82) is 0 Å². The van der Waals surface area contributed by atoms with Gasteiger partial charge in [-0.2, -0.15) is 0 Å². The molecule has 0 aliphatic rings. The Morgan fingerprint density at radius 3 is 2.33 bits per heavy atom. The molecular weight excluding hydrogens is 196 g/mol. The van der Waals surface area contributed by atoms with Crippen molar-refractivity contribution in [1.82, 2.24) is 0 Å². The minimum atomic E-state index is -2.02. The van der Waals surface area contributed by atoms with Gasteiger partial charge in [-0.15, -0.1) is 0 Å². The lowest BCUT2D eigenvalue weighted by Crippen LogP contribution is -2.38. The van der Waals surface area contributed by atoms with Crippen molar-refractivity contribution in [3.8, 4) is 0 Å². The number of aliphatic carboxylic acids is 1. The molecule has 0 aliphatic heterocycles. The van der Waals surface area contributed by atoms with E-state index in [2.05, 4.69) is 0 Å². The number of rotatable bonds is 4. The number of hydrogen-bond donors (Lipinski definition) is 3. The van der Waals surface area contributed by atoms with Gasteiger partial charge in [0.05, 0.1) is 6.10 Å². The van der Waals surface area contributed by atoms with E-state index >= 15 is 0 Å². The van der Waals surface area contributed by atoms with Crippen molar-refractivity contribution in [2.24, 2.45) is 0 Å². The van der Waals surface area contributed by atoms with Crippen molar-refractivity contribution in [3.63, 3.8) is 0 Å². The van der Waals surface area contributed by atoms with Crippen LogP contribution < -0.4 is 0 Å². The van der Waals surface area contributed by atoms with Crippen LogP contribution in [0.3, 0.4) is 0 Å². The summed E-state index contributed by atoms with van der Waals surface area (Å²) in [5, 5.41) is 28.1. The Kier molecular flexibility index (Phi) is 3.44. The lowest BCUT2D eigenvalue weighted by molar-refractivity contribution is -0.163. The van der Waals surface area contributed by atoms with Gasteiger partial charge in [-0.1, -0.05) is 30.3 Å². The zero-order valence-electron chi connectivity index (χ0n) is 8.42. The molecule has 3 N–H and O–H groups in total. The summed E-state index contributed by atoms with van der Waals surface area (Å²) in [6.07, 6.45) is -1.11. The molecule has 0 aromatic heterocycles. The number of aliphatic hydroxyl groups excluding tert-OH is 1. The third kappa shape index (κ3) is 2.55. The smallest absolute Gasteiger partial charge is 0.340 e. The number of carbonyl (C=O) groups is 1. The first-order valence-electron chi connectivity index (χ1n) is 4.66.